The summed E-state index contributed by atoms with van der Waals surface area (Å²) in [7, 11) is -3.85. The number of carbonyl (C=O) groups excluding carboxylic acids is 2. The molecule has 0 saturated heterocycles. The Labute approximate surface area is 204 Å². The van der Waals surface area contributed by atoms with Gasteiger partial charge in [-0.3, -0.25) is 4.79 Å². The average molecular weight is 505 g/mol. The van der Waals surface area contributed by atoms with Gasteiger partial charge in [-0.2, -0.15) is 0 Å². The van der Waals surface area contributed by atoms with E-state index in [4.69, 9.17) is 16.3 Å². The van der Waals surface area contributed by atoms with Gasteiger partial charge in [-0.15, -0.1) is 0 Å². The van der Waals surface area contributed by atoms with Crippen LogP contribution >= 0.6 is 11.6 Å². The van der Waals surface area contributed by atoms with Gasteiger partial charge in [0.15, 0.2) is 0 Å². The third-order valence-corrected chi connectivity index (χ3v) is 8.90. The van der Waals surface area contributed by atoms with Crippen molar-refractivity contribution in [3.05, 3.63) is 40.6 Å². The first-order valence-corrected chi connectivity index (χ1v) is 14.0. The van der Waals surface area contributed by atoms with Gasteiger partial charge in [0.2, 0.25) is 10.0 Å². The van der Waals surface area contributed by atoms with E-state index < -0.39 is 21.9 Å². The Balaban J connectivity index is 1.55. The van der Waals surface area contributed by atoms with E-state index in [1.807, 2.05) is 0 Å². The monoisotopic (exact) mass is 504 g/mol. The summed E-state index contributed by atoms with van der Waals surface area (Å²) in [5.74, 6) is 0.809. The SMILES string of the molecule is CCOC(=O)c1c(/C=C(\Cl)C(=O)NC23CC4CC(CC(C4)C2)C3)c2ccccc2n1S(C)(=O)=O. The van der Waals surface area contributed by atoms with Crippen LogP contribution in [0.1, 0.15) is 61.5 Å². The van der Waals surface area contributed by atoms with Gasteiger partial charge in [0, 0.05) is 16.5 Å². The highest BCUT2D eigenvalue weighted by molar-refractivity contribution is 7.89. The predicted molar refractivity (Wildman–Crippen MR) is 131 cm³/mol. The number of nitrogens with zero attached hydrogens (tertiary/aromatic N) is 1. The van der Waals surface area contributed by atoms with Gasteiger partial charge < -0.3 is 10.1 Å². The molecule has 4 saturated carbocycles. The molecule has 4 aliphatic rings. The van der Waals surface area contributed by atoms with Crippen LogP contribution in [0.3, 0.4) is 0 Å². The summed E-state index contributed by atoms with van der Waals surface area (Å²) in [6, 6.07) is 6.74. The van der Waals surface area contributed by atoms with Crippen LogP contribution in [0.5, 0.6) is 0 Å². The second-order valence-corrected chi connectivity index (χ2v) is 12.4. The Kier molecular flexibility index (Phi) is 5.80. The van der Waals surface area contributed by atoms with Crippen LogP contribution in [0, 0.1) is 17.8 Å². The van der Waals surface area contributed by atoms with Gasteiger partial charge in [0.1, 0.15) is 10.7 Å². The van der Waals surface area contributed by atoms with Crippen molar-refractivity contribution in [3.63, 3.8) is 0 Å². The van der Waals surface area contributed by atoms with Crippen LogP contribution in [-0.4, -0.2) is 42.7 Å². The van der Waals surface area contributed by atoms with Crippen LogP contribution < -0.4 is 5.32 Å². The first-order valence-electron chi connectivity index (χ1n) is 11.8. The molecule has 34 heavy (non-hydrogen) atoms. The standard InChI is InChI=1S/C25H29ClN2O5S/c1-3-33-24(30)22-19(18-6-4-5-7-21(18)28(22)34(2,31)32)11-20(26)23(29)27-25-12-15-8-16(13-25)10-17(9-15)14-25/h4-7,11,15-17H,3,8-10,12-14H2,1-2H3,(H,27,29)/b20-11-. The molecule has 7 nitrogen and oxygen atoms in total. The third kappa shape index (κ3) is 4.05. The topological polar surface area (TPSA) is 94.5 Å². The summed E-state index contributed by atoms with van der Waals surface area (Å²) in [6.45, 7) is 1.72. The van der Waals surface area contributed by atoms with Crippen molar-refractivity contribution in [2.75, 3.05) is 12.9 Å². The summed E-state index contributed by atoms with van der Waals surface area (Å²) >= 11 is 6.52. The van der Waals surface area contributed by atoms with Crippen LogP contribution in [0.15, 0.2) is 29.3 Å². The number of fused-ring (bicyclic) bond motifs is 1. The number of amides is 1. The smallest absolute Gasteiger partial charge is 0.356 e. The molecular weight excluding hydrogens is 476 g/mol. The fourth-order valence-electron chi connectivity index (χ4n) is 6.88. The van der Waals surface area contributed by atoms with Crippen molar-refractivity contribution < 1.29 is 22.7 Å². The highest BCUT2D eigenvalue weighted by Crippen LogP contribution is 2.55. The zero-order valence-electron chi connectivity index (χ0n) is 19.3. The van der Waals surface area contributed by atoms with Crippen molar-refractivity contribution in [2.24, 2.45) is 17.8 Å². The lowest BCUT2D eigenvalue weighted by Crippen LogP contribution is -2.59. The summed E-state index contributed by atoms with van der Waals surface area (Å²) in [5.41, 5.74) is 0.201. The molecule has 2 aromatic rings. The first-order chi connectivity index (χ1) is 16.1. The molecule has 1 heterocycles. The number of carbonyl (C=O) groups is 2. The van der Waals surface area contributed by atoms with Gasteiger partial charge in [-0.25, -0.2) is 17.2 Å². The fraction of sp³-hybridized carbons (Fsp3) is 0.520. The minimum Gasteiger partial charge on any atom is -0.461 e. The Bertz CT molecular complexity index is 1270. The summed E-state index contributed by atoms with van der Waals surface area (Å²) in [6.07, 6.45) is 9.14. The zero-order valence-corrected chi connectivity index (χ0v) is 20.9. The maximum atomic E-state index is 13.2. The molecule has 1 amide bonds. The lowest BCUT2D eigenvalue weighted by Gasteiger charge is -2.56. The molecule has 4 fully saturated rings. The molecule has 0 spiro atoms. The van der Waals surface area contributed by atoms with Crippen molar-refractivity contribution in [3.8, 4) is 0 Å². The van der Waals surface area contributed by atoms with E-state index in [1.54, 1.807) is 31.2 Å². The van der Waals surface area contributed by atoms with Gasteiger partial charge >= 0.3 is 5.97 Å². The Hall–Kier alpha value is -2.32. The summed E-state index contributed by atoms with van der Waals surface area (Å²) in [4.78, 5) is 26.1. The highest BCUT2D eigenvalue weighted by atomic mass is 35.5. The second-order valence-electron chi connectivity index (χ2n) is 10.2. The molecule has 0 radical (unpaired) electrons. The molecule has 0 atom stereocenters. The molecular formula is C25H29ClN2O5S. The maximum absolute atomic E-state index is 13.2. The van der Waals surface area contributed by atoms with Crippen LogP contribution in [-0.2, 0) is 19.6 Å². The molecule has 6 rings (SSSR count). The number of ether oxygens (including phenoxy) is 1. The number of halogens is 1. The number of rotatable bonds is 6. The first kappa shape index (κ1) is 23.4. The lowest BCUT2D eigenvalue weighted by atomic mass is 9.53. The van der Waals surface area contributed by atoms with Gasteiger partial charge in [0.05, 0.1) is 18.4 Å². The minimum absolute atomic E-state index is 0.0769. The predicted octanol–water partition coefficient (Wildman–Crippen LogP) is 4.29. The van der Waals surface area contributed by atoms with E-state index in [0.717, 1.165) is 29.5 Å². The third-order valence-electron chi connectivity index (χ3n) is 7.58. The van der Waals surface area contributed by atoms with Crippen LogP contribution in [0.2, 0.25) is 0 Å². The van der Waals surface area contributed by atoms with E-state index in [1.165, 1.54) is 25.3 Å². The van der Waals surface area contributed by atoms with Crippen LogP contribution in [0.25, 0.3) is 17.0 Å². The Morgan fingerprint density at radius 3 is 2.29 bits per heavy atom. The van der Waals surface area contributed by atoms with Crippen molar-refractivity contribution in [2.45, 2.75) is 51.0 Å². The molecule has 0 aliphatic heterocycles. The quantitative estimate of drug-likeness (QED) is 0.467. The number of benzene rings is 1. The van der Waals surface area contributed by atoms with Gasteiger partial charge in [0.25, 0.3) is 5.91 Å². The number of hydrogen-bond acceptors (Lipinski definition) is 5. The molecule has 182 valence electrons. The number of nitrogens with one attached hydrogen (secondary N) is 1. The second kappa shape index (κ2) is 8.41. The van der Waals surface area contributed by atoms with Crippen LogP contribution in [0.4, 0.5) is 0 Å². The molecule has 4 bridgehead atoms. The van der Waals surface area contributed by atoms with Gasteiger partial charge in [-0.05, 0) is 75.3 Å². The van der Waals surface area contributed by atoms with Crippen molar-refractivity contribution in [1.82, 2.24) is 9.29 Å². The minimum atomic E-state index is -3.85. The van der Waals surface area contributed by atoms with E-state index in [2.05, 4.69) is 5.32 Å². The molecule has 0 unspecified atom stereocenters. The molecule has 9 heteroatoms. The van der Waals surface area contributed by atoms with E-state index in [9.17, 15) is 18.0 Å². The molecule has 1 N–H and O–H groups in total. The average Bonchev–Trinajstić information content (AvgIpc) is 3.07. The fourth-order valence-corrected chi connectivity index (χ4v) is 8.05. The zero-order chi connectivity index (χ0) is 24.3. The van der Waals surface area contributed by atoms with E-state index in [-0.39, 0.29) is 28.4 Å². The Morgan fingerprint density at radius 1 is 1.15 bits per heavy atom. The molecule has 4 aliphatic carbocycles. The van der Waals surface area contributed by atoms with Gasteiger partial charge in [-0.1, -0.05) is 29.8 Å². The highest BCUT2D eigenvalue weighted by Gasteiger charge is 2.51. The van der Waals surface area contributed by atoms with Crippen molar-refractivity contribution >= 4 is 50.5 Å². The summed E-state index contributed by atoms with van der Waals surface area (Å²) < 4.78 is 31.4. The molecule has 1 aromatic carbocycles. The van der Waals surface area contributed by atoms with E-state index in [0.29, 0.717) is 28.7 Å². The number of aromatic nitrogens is 1. The van der Waals surface area contributed by atoms with E-state index >= 15 is 0 Å². The number of para-hydroxylation sites is 1. The maximum Gasteiger partial charge on any atom is 0.356 e. The van der Waals surface area contributed by atoms with Crippen molar-refractivity contribution in [1.29, 1.82) is 0 Å². The Morgan fingerprint density at radius 2 is 1.74 bits per heavy atom. The normalized spacial score (nSPS) is 28.3. The summed E-state index contributed by atoms with van der Waals surface area (Å²) in [5, 5.41) is 3.63. The number of esters is 1. The number of hydrogen-bond donors (Lipinski definition) is 1. The lowest BCUT2D eigenvalue weighted by molar-refractivity contribution is -0.122. The molecule has 1 aromatic heterocycles. The largest absolute Gasteiger partial charge is 0.461 e.